The molecule has 0 aliphatic carbocycles. The molecule has 0 fully saturated rings. The van der Waals surface area contributed by atoms with Gasteiger partial charge in [0.2, 0.25) is 0 Å². The van der Waals surface area contributed by atoms with Crippen molar-refractivity contribution < 1.29 is 24.4 Å². The molecular weight excluding hydrogens is 230 g/mol. The van der Waals surface area contributed by atoms with Crippen LogP contribution < -0.4 is 0 Å². The Morgan fingerprint density at radius 2 is 2.00 bits per heavy atom. The molecule has 0 atom stereocenters. The van der Waals surface area contributed by atoms with Crippen LogP contribution >= 0.6 is 0 Å². The van der Waals surface area contributed by atoms with Gasteiger partial charge < -0.3 is 0 Å². The molecule has 0 rings (SSSR count). The normalized spacial score (nSPS) is 6.00. The van der Waals surface area contributed by atoms with Crippen LogP contribution in [0.25, 0.3) is 0 Å². The molecule has 0 saturated heterocycles. The van der Waals surface area contributed by atoms with Crippen LogP contribution in [0.5, 0.6) is 0 Å². The van der Waals surface area contributed by atoms with Gasteiger partial charge in [-0.3, -0.25) is 0 Å². The van der Waals surface area contributed by atoms with E-state index in [9.17, 15) is 0 Å². The summed E-state index contributed by atoms with van der Waals surface area (Å²) in [4.78, 5) is 0. The fourth-order valence-corrected chi connectivity index (χ4v) is 0. The predicted octanol–water partition coefficient (Wildman–Crippen LogP) is -0.663. The van der Waals surface area contributed by atoms with Gasteiger partial charge in [0.25, 0.3) is 0 Å². The first-order valence-corrected chi connectivity index (χ1v) is 4.35. The van der Waals surface area contributed by atoms with Gasteiger partial charge in [0, 0.05) is 0 Å². The molecular formula is HNO2W. The molecule has 0 heterocycles. The summed E-state index contributed by atoms with van der Waals surface area (Å²) in [5, 5.41) is 0. The van der Waals surface area contributed by atoms with E-state index in [4.69, 9.17) is 10.9 Å². The van der Waals surface area contributed by atoms with Crippen molar-refractivity contribution in [2.24, 2.45) is 0 Å². The van der Waals surface area contributed by atoms with Gasteiger partial charge in [-0.1, -0.05) is 0 Å². The van der Waals surface area contributed by atoms with E-state index in [2.05, 4.69) is 0 Å². The molecule has 4 heavy (non-hydrogen) atoms. The zero-order chi connectivity index (χ0) is 3.58. The monoisotopic (exact) mass is 231 g/mol. The van der Waals surface area contributed by atoms with Gasteiger partial charge in [-0.2, -0.15) is 0 Å². The van der Waals surface area contributed by atoms with Crippen molar-refractivity contribution >= 4 is 0 Å². The zero-order valence-electron chi connectivity index (χ0n) is 1.71. The maximum atomic E-state index is 8.83. The molecule has 0 radical (unpaired) electrons. The van der Waals surface area contributed by atoms with Crippen molar-refractivity contribution in [3.63, 3.8) is 0 Å². The molecule has 24 valence electrons. The van der Waals surface area contributed by atoms with Crippen LogP contribution in [-0.2, 0) is 20.7 Å². The van der Waals surface area contributed by atoms with E-state index < -0.39 is 17.3 Å². The Hall–Kier alpha value is 0.158. The van der Waals surface area contributed by atoms with E-state index in [0.717, 1.165) is 0 Å². The van der Waals surface area contributed by atoms with E-state index in [1.807, 2.05) is 0 Å². The second-order valence-electron chi connectivity index (χ2n) is 0.231. The van der Waals surface area contributed by atoms with Crippen LogP contribution in [0, 0.1) is 3.73 Å². The van der Waals surface area contributed by atoms with Crippen LogP contribution in [0.1, 0.15) is 0 Å². The first-order valence-electron chi connectivity index (χ1n) is 0.532. The summed E-state index contributed by atoms with van der Waals surface area (Å²) in [6.07, 6.45) is 0. The van der Waals surface area contributed by atoms with Crippen molar-refractivity contribution in [2.75, 3.05) is 0 Å². The van der Waals surface area contributed by atoms with Crippen LogP contribution in [-0.4, -0.2) is 3.76 Å². The summed E-state index contributed by atoms with van der Waals surface area (Å²) in [7, 11) is 0. The molecule has 0 amide bonds. The van der Waals surface area contributed by atoms with Gasteiger partial charge in [-0.15, -0.1) is 0 Å². The molecule has 4 heteroatoms. The molecule has 1 N–H and O–H groups in total. The summed E-state index contributed by atoms with van der Waals surface area (Å²) < 4.78 is 23.3. The third-order valence-electron chi connectivity index (χ3n) is 0. The maximum absolute atomic E-state index is 8.83. The van der Waals surface area contributed by atoms with Crippen molar-refractivity contribution in [3.8, 4) is 0 Å². The predicted molar refractivity (Wildman–Crippen MR) is 4.63 cm³/mol. The van der Waals surface area contributed by atoms with Gasteiger partial charge in [0.05, 0.1) is 0 Å². The second-order valence-corrected chi connectivity index (χ2v) is 1.89. The minimum absolute atomic E-state index is 3.78. The van der Waals surface area contributed by atoms with Gasteiger partial charge >= 0.3 is 28.2 Å². The van der Waals surface area contributed by atoms with Crippen molar-refractivity contribution in [2.45, 2.75) is 0 Å². The van der Waals surface area contributed by atoms with E-state index in [0.29, 0.717) is 0 Å². The summed E-state index contributed by atoms with van der Waals surface area (Å²) in [6.45, 7) is 0. The first-order chi connectivity index (χ1) is 1.73. The molecule has 0 aliphatic rings. The SMILES string of the molecule is [N]#[W](=[O])[OH]. The standard InChI is InChI=1S/N.H2O.O.W/h;1H2;;/q;;;+1/p-1. The Morgan fingerprint density at radius 3 is 2.00 bits per heavy atom. The summed E-state index contributed by atoms with van der Waals surface area (Å²) in [5.41, 5.74) is 0. The molecule has 0 spiro atoms. The van der Waals surface area contributed by atoms with Crippen LogP contribution in [0.15, 0.2) is 0 Å². The van der Waals surface area contributed by atoms with Crippen LogP contribution in [0.4, 0.5) is 0 Å². The average Bonchev–Trinajstić information content (AvgIpc) is 0.811. The Balaban J connectivity index is 3.85. The van der Waals surface area contributed by atoms with Crippen molar-refractivity contribution in [3.05, 3.63) is 0 Å². The Morgan fingerprint density at radius 1 is 2.00 bits per heavy atom. The molecule has 0 aromatic carbocycles. The summed E-state index contributed by atoms with van der Waals surface area (Å²) in [6, 6.07) is 0. The molecule has 3 nitrogen and oxygen atoms in total. The van der Waals surface area contributed by atoms with Gasteiger partial charge in [-0.05, 0) is 0 Å². The van der Waals surface area contributed by atoms with Gasteiger partial charge in [0.1, 0.15) is 0 Å². The third kappa shape index (κ3) is 116. The topological polar surface area (TPSA) is 61.1 Å². The quantitative estimate of drug-likeness (QED) is 0.601. The van der Waals surface area contributed by atoms with Crippen molar-refractivity contribution in [1.29, 1.82) is 3.73 Å². The number of hydrogen-bond donors (Lipinski definition) is 1. The third-order valence-corrected chi connectivity index (χ3v) is 0. The second kappa shape index (κ2) is 1.47. The summed E-state index contributed by atoms with van der Waals surface area (Å²) in [5.74, 6) is 0. The van der Waals surface area contributed by atoms with Crippen molar-refractivity contribution in [1.82, 2.24) is 0 Å². The molecule has 0 saturated carbocycles. The fraction of sp³-hybridized carbons (Fsp3) is 0. The number of rotatable bonds is 0. The first kappa shape index (κ1) is 4.16. The van der Waals surface area contributed by atoms with E-state index >= 15 is 0 Å². The Kier molecular flexibility index (Phi) is 1.53. The Labute approximate surface area is 28.9 Å². The van der Waals surface area contributed by atoms with Crippen LogP contribution in [0.2, 0.25) is 0 Å². The van der Waals surface area contributed by atoms with E-state index in [1.165, 1.54) is 0 Å². The van der Waals surface area contributed by atoms with E-state index in [-0.39, 0.29) is 0 Å². The molecule has 0 bridgehead atoms. The molecule has 0 aliphatic heterocycles. The molecule has 0 aromatic rings. The minimum atomic E-state index is -3.78. The molecule has 0 aromatic heterocycles. The van der Waals surface area contributed by atoms with E-state index in [1.54, 1.807) is 0 Å². The zero-order valence-corrected chi connectivity index (χ0v) is 4.64. The number of hydrogen-bond acceptors (Lipinski definition) is 2. The van der Waals surface area contributed by atoms with Gasteiger partial charge in [0.15, 0.2) is 0 Å². The average molecular weight is 231 g/mol. The summed E-state index contributed by atoms with van der Waals surface area (Å²) >= 11 is -3.78. The molecule has 0 unspecified atom stereocenters. The number of nitrogens with zero attached hydrogens (tertiary/aromatic N) is 1. The Bertz CT molecular complexity index is 96.2. The van der Waals surface area contributed by atoms with Gasteiger partial charge in [-0.25, -0.2) is 0 Å². The fourth-order valence-electron chi connectivity index (χ4n) is 0. The van der Waals surface area contributed by atoms with Crippen LogP contribution in [0.3, 0.4) is 0 Å².